The summed E-state index contributed by atoms with van der Waals surface area (Å²) in [7, 11) is -3.00. The molecule has 1 fully saturated rings. The van der Waals surface area contributed by atoms with Crippen LogP contribution in [-0.2, 0) is 25.8 Å². The third kappa shape index (κ3) is 4.37. The maximum atomic E-state index is 12.0. The lowest BCUT2D eigenvalue weighted by atomic mass is 10.0. The second-order valence-corrected chi connectivity index (χ2v) is 8.35. The van der Waals surface area contributed by atoms with Gasteiger partial charge in [-0.25, -0.2) is 13.2 Å². The molecular formula is C16H24N2O5S. The number of esters is 1. The van der Waals surface area contributed by atoms with Crippen LogP contribution in [0, 0.1) is 13.8 Å². The van der Waals surface area contributed by atoms with Gasteiger partial charge >= 0.3 is 5.97 Å². The fraction of sp³-hybridized carbons (Fsp3) is 0.625. The molecule has 1 aromatic rings. The maximum absolute atomic E-state index is 12.0. The molecule has 1 atom stereocenters. The molecule has 8 heteroatoms. The lowest BCUT2D eigenvalue weighted by Gasteiger charge is -2.11. The lowest BCUT2D eigenvalue weighted by Crippen LogP contribution is -2.35. The van der Waals surface area contributed by atoms with Crippen molar-refractivity contribution in [1.29, 1.82) is 0 Å². The van der Waals surface area contributed by atoms with Gasteiger partial charge < -0.3 is 15.0 Å². The van der Waals surface area contributed by atoms with Gasteiger partial charge in [0.25, 0.3) is 0 Å². The number of hydrogen-bond acceptors (Lipinski definition) is 5. The lowest BCUT2D eigenvalue weighted by molar-refractivity contribution is -0.121. The fourth-order valence-corrected chi connectivity index (χ4v) is 4.69. The van der Waals surface area contributed by atoms with Crippen molar-refractivity contribution in [3.63, 3.8) is 0 Å². The van der Waals surface area contributed by atoms with Crippen molar-refractivity contribution in [2.75, 3.05) is 18.1 Å². The highest BCUT2D eigenvalue weighted by molar-refractivity contribution is 7.91. The molecular weight excluding hydrogens is 332 g/mol. The van der Waals surface area contributed by atoms with E-state index in [9.17, 15) is 18.0 Å². The zero-order valence-electron chi connectivity index (χ0n) is 14.3. The summed E-state index contributed by atoms with van der Waals surface area (Å²) in [6, 6.07) is -0.286. The molecule has 0 radical (unpaired) electrons. The average Bonchev–Trinajstić information content (AvgIpc) is 2.97. The van der Waals surface area contributed by atoms with Gasteiger partial charge in [0.2, 0.25) is 5.91 Å². The summed E-state index contributed by atoms with van der Waals surface area (Å²) in [6.07, 6.45) is 1.21. The Balaban J connectivity index is 1.94. The van der Waals surface area contributed by atoms with Gasteiger partial charge in [0.1, 0.15) is 5.69 Å². The van der Waals surface area contributed by atoms with Crippen LogP contribution in [0.3, 0.4) is 0 Å². The zero-order valence-corrected chi connectivity index (χ0v) is 15.1. The van der Waals surface area contributed by atoms with Crippen LogP contribution in [0.25, 0.3) is 0 Å². The van der Waals surface area contributed by atoms with E-state index in [4.69, 9.17) is 4.74 Å². The fourth-order valence-electron chi connectivity index (χ4n) is 3.02. The number of rotatable bonds is 6. The number of carbonyl (C=O) groups excluding carboxylic acids is 2. The second kappa shape index (κ2) is 7.38. The number of nitrogens with one attached hydrogen (secondary N) is 2. The Morgan fingerprint density at radius 3 is 2.62 bits per heavy atom. The van der Waals surface area contributed by atoms with Crippen molar-refractivity contribution in [2.24, 2.45) is 0 Å². The monoisotopic (exact) mass is 356 g/mol. The SMILES string of the molecule is CCOC(=O)c1[nH]c(C)c(CCC(=O)NC2CCS(=O)(=O)C2)c1C. The van der Waals surface area contributed by atoms with Gasteiger partial charge in [-0.2, -0.15) is 0 Å². The van der Waals surface area contributed by atoms with Crippen molar-refractivity contribution < 1.29 is 22.7 Å². The largest absolute Gasteiger partial charge is 0.461 e. The highest BCUT2D eigenvalue weighted by Crippen LogP contribution is 2.20. The van der Waals surface area contributed by atoms with Crippen LogP contribution in [0.15, 0.2) is 0 Å². The van der Waals surface area contributed by atoms with Gasteiger partial charge in [-0.15, -0.1) is 0 Å². The number of hydrogen-bond donors (Lipinski definition) is 2. The Hall–Kier alpha value is -1.83. The van der Waals surface area contributed by atoms with Gasteiger partial charge in [0.05, 0.1) is 18.1 Å². The predicted octanol–water partition coefficient (Wildman–Crippen LogP) is 1.04. The number of amides is 1. The summed E-state index contributed by atoms with van der Waals surface area (Å²) < 4.78 is 27.8. The van der Waals surface area contributed by atoms with E-state index in [0.29, 0.717) is 25.1 Å². The molecule has 7 nitrogen and oxygen atoms in total. The van der Waals surface area contributed by atoms with Crippen LogP contribution in [0.1, 0.15) is 47.1 Å². The first kappa shape index (κ1) is 18.5. The summed E-state index contributed by atoms with van der Waals surface area (Å²) >= 11 is 0. The number of carbonyl (C=O) groups is 2. The molecule has 0 aliphatic carbocycles. The second-order valence-electron chi connectivity index (χ2n) is 6.12. The van der Waals surface area contributed by atoms with E-state index in [2.05, 4.69) is 10.3 Å². The third-order valence-corrected chi connectivity index (χ3v) is 6.04. The minimum absolute atomic E-state index is 0.0218. The van der Waals surface area contributed by atoms with Gasteiger partial charge in [-0.3, -0.25) is 4.79 Å². The standard InChI is InChI=1S/C16H24N2O5S/c1-4-23-16(20)15-10(2)13(11(3)17-15)5-6-14(19)18-12-7-8-24(21,22)9-12/h12,17H,4-9H2,1-3H3,(H,18,19). The minimum Gasteiger partial charge on any atom is -0.461 e. The van der Waals surface area contributed by atoms with E-state index in [-0.39, 0.29) is 29.9 Å². The number of sulfone groups is 1. The van der Waals surface area contributed by atoms with Gasteiger partial charge in [0, 0.05) is 18.2 Å². The van der Waals surface area contributed by atoms with Crippen LogP contribution in [0.2, 0.25) is 0 Å². The predicted molar refractivity (Wildman–Crippen MR) is 89.7 cm³/mol. The molecule has 2 N–H and O–H groups in total. The normalized spacial score (nSPS) is 19.2. The maximum Gasteiger partial charge on any atom is 0.355 e. The van der Waals surface area contributed by atoms with Crippen molar-refractivity contribution in [3.05, 3.63) is 22.5 Å². The Labute approximate surface area is 142 Å². The smallest absolute Gasteiger partial charge is 0.355 e. The molecule has 0 bridgehead atoms. The van der Waals surface area contributed by atoms with E-state index < -0.39 is 15.8 Å². The van der Waals surface area contributed by atoms with Gasteiger partial charge in [-0.05, 0) is 44.7 Å². The molecule has 0 saturated carbocycles. The van der Waals surface area contributed by atoms with Crippen molar-refractivity contribution in [1.82, 2.24) is 10.3 Å². The average molecular weight is 356 g/mol. The van der Waals surface area contributed by atoms with Crippen LogP contribution in [0.4, 0.5) is 0 Å². The van der Waals surface area contributed by atoms with Gasteiger partial charge in [0.15, 0.2) is 9.84 Å². The molecule has 1 aliphatic heterocycles. The molecule has 1 saturated heterocycles. The van der Waals surface area contributed by atoms with E-state index in [1.54, 1.807) is 6.92 Å². The van der Waals surface area contributed by atoms with Gasteiger partial charge in [-0.1, -0.05) is 0 Å². The molecule has 1 aliphatic rings. The first-order valence-corrected chi connectivity index (χ1v) is 9.90. The zero-order chi connectivity index (χ0) is 17.9. The first-order chi connectivity index (χ1) is 11.2. The quantitative estimate of drug-likeness (QED) is 0.741. The molecule has 24 heavy (non-hydrogen) atoms. The van der Waals surface area contributed by atoms with E-state index in [0.717, 1.165) is 16.8 Å². The third-order valence-electron chi connectivity index (χ3n) is 4.27. The van der Waals surface area contributed by atoms with Crippen molar-refractivity contribution in [2.45, 2.75) is 46.1 Å². The number of aromatic nitrogens is 1. The number of H-pyrrole nitrogens is 1. The van der Waals surface area contributed by atoms with Crippen molar-refractivity contribution >= 4 is 21.7 Å². The summed E-state index contributed by atoms with van der Waals surface area (Å²) in [5.41, 5.74) is 2.98. The molecule has 0 spiro atoms. The van der Waals surface area contributed by atoms with Crippen LogP contribution >= 0.6 is 0 Å². The van der Waals surface area contributed by atoms with Crippen LogP contribution in [-0.4, -0.2) is 49.4 Å². The highest BCUT2D eigenvalue weighted by atomic mass is 32.2. The topological polar surface area (TPSA) is 105 Å². The highest BCUT2D eigenvalue weighted by Gasteiger charge is 2.29. The van der Waals surface area contributed by atoms with E-state index >= 15 is 0 Å². The molecule has 2 rings (SSSR count). The number of aryl methyl sites for hydroxylation is 1. The molecule has 134 valence electrons. The Bertz CT molecular complexity index is 736. The molecule has 2 heterocycles. The summed E-state index contributed by atoms with van der Waals surface area (Å²) in [6.45, 7) is 5.73. The Kier molecular flexibility index (Phi) is 5.69. The first-order valence-electron chi connectivity index (χ1n) is 8.08. The van der Waals surface area contributed by atoms with E-state index in [1.165, 1.54) is 0 Å². The Morgan fingerprint density at radius 1 is 1.33 bits per heavy atom. The molecule has 1 unspecified atom stereocenters. The Morgan fingerprint density at radius 2 is 2.04 bits per heavy atom. The minimum atomic E-state index is -3.00. The van der Waals surface area contributed by atoms with Crippen LogP contribution < -0.4 is 5.32 Å². The van der Waals surface area contributed by atoms with Crippen molar-refractivity contribution in [3.8, 4) is 0 Å². The summed E-state index contributed by atoms with van der Waals surface area (Å²) in [5, 5.41) is 2.77. The molecule has 1 amide bonds. The summed E-state index contributed by atoms with van der Waals surface area (Å²) in [4.78, 5) is 26.9. The number of ether oxygens (including phenoxy) is 1. The summed E-state index contributed by atoms with van der Waals surface area (Å²) in [5.74, 6) is -0.412. The van der Waals surface area contributed by atoms with E-state index in [1.807, 2.05) is 13.8 Å². The molecule has 1 aromatic heterocycles. The van der Waals surface area contributed by atoms with Crippen LogP contribution in [0.5, 0.6) is 0 Å². The molecule has 0 aromatic carbocycles. The number of aromatic amines is 1.